The molecule has 0 aliphatic heterocycles. The highest BCUT2D eigenvalue weighted by Gasteiger charge is 2.35. The van der Waals surface area contributed by atoms with Gasteiger partial charge in [0.2, 0.25) is 0 Å². The van der Waals surface area contributed by atoms with Gasteiger partial charge >= 0.3 is 6.18 Å². The predicted octanol–water partition coefficient (Wildman–Crippen LogP) is 2.72. The Balaban J connectivity index is 2.95. The number of hydrogen-bond donors (Lipinski definition) is 3. The first-order valence-corrected chi connectivity index (χ1v) is 7.64. The smallest absolute Gasteiger partial charge is 0.352 e. The van der Waals surface area contributed by atoms with E-state index < -0.39 is 23.3 Å². The lowest BCUT2D eigenvalue weighted by Crippen LogP contribution is -2.30. The molecule has 21 heavy (non-hydrogen) atoms. The van der Waals surface area contributed by atoms with Crippen LogP contribution in [0.2, 0.25) is 0 Å². The number of benzene rings is 1. The van der Waals surface area contributed by atoms with Gasteiger partial charge in [0.1, 0.15) is 0 Å². The Hall–Kier alpha value is -1.41. The van der Waals surface area contributed by atoms with Crippen LogP contribution < -0.4 is 16.6 Å². The second-order valence-corrected chi connectivity index (χ2v) is 5.55. The van der Waals surface area contributed by atoms with Crippen molar-refractivity contribution in [2.24, 2.45) is 11.8 Å². The summed E-state index contributed by atoms with van der Waals surface area (Å²) in [5, 5.41) is 2.62. The molecule has 4 nitrogen and oxygen atoms in total. The first-order valence-electron chi connectivity index (χ1n) is 6.25. The summed E-state index contributed by atoms with van der Waals surface area (Å²) in [5.41, 5.74) is 0.478. The Morgan fingerprint density at radius 3 is 2.62 bits per heavy atom. The number of thioether (sulfide) groups is 1. The number of alkyl halides is 3. The molecule has 0 aromatic heterocycles. The van der Waals surface area contributed by atoms with Crippen molar-refractivity contribution in [3.63, 3.8) is 0 Å². The van der Waals surface area contributed by atoms with Gasteiger partial charge in [-0.1, -0.05) is 13.0 Å². The molecule has 8 heteroatoms. The zero-order chi connectivity index (χ0) is 16.0. The lowest BCUT2D eigenvalue weighted by molar-refractivity contribution is -0.137. The van der Waals surface area contributed by atoms with Gasteiger partial charge in [0, 0.05) is 6.54 Å². The Labute approximate surface area is 125 Å². The van der Waals surface area contributed by atoms with E-state index in [0.29, 0.717) is 6.54 Å². The van der Waals surface area contributed by atoms with Crippen LogP contribution in [-0.2, 0) is 6.18 Å². The molecule has 1 aromatic carbocycles. The second-order valence-electron chi connectivity index (χ2n) is 4.64. The fourth-order valence-electron chi connectivity index (χ4n) is 1.84. The minimum atomic E-state index is -4.58. The molecular formula is C13H18F3N3OS. The first kappa shape index (κ1) is 17.6. The van der Waals surface area contributed by atoms with Crippen molar-refractivity contribution in [3.8, 4) is 0 Å². The standard InChI is InChI=1S/C13H18F3N3OS/c1-8(7-21-2)6-18-12(20)9-4-3-5-10(11(9)19-17)13(14,15)16/h3-5,8,19H,6-7,17H2,1-2H3,(H,18,20). The maximum Gasteiger partial charge on any atom is 0.418 e. The number of halogens is 3. The largest absolute Gasteiger partial charge is 0.418 e. The van der Waals surface area contributed by atoms with Gasteiger partial charge < -0.3 is 10.7 Å². The number of anilines is 1. The third-order valence-corrected chi connectivity index (χ3v) is 3.72. The summed E-state index contributed by atoms with van der Waals surface area (Å²) in [6.45, 7) is 2.34. The topological polar surface area (TPSA) is 67.2 Å². The fourth-order valence-corrected chi connectivity index (χ4v) is 2.53. The summed E-state index contributed by atoms with van der Waals surface area (Å²) < 4.78 is 38.6. The number of carbonyl (C=O) groups is 1. The van der Waals surface area contributed by atoms with Crippen LogP contribution in [0, 0.1) is 5.92 Å². The maximum atomic E-state index is 12.9. The highest BCUT2D eigenvalue weighted by molar-refractivity contribution is 7.98. The zero-order valence-corrected chi connectivity index (χ0v) is 12.6. The third-order valence-electron chi connectivity index (χ3n) is 2.82. The number of hydrogen-bond acceptors (Lipinski definition) is 4. The molecule has 118 valence electrons. The maximum absolute atomic E-state index is 12.9. The number of nitrogen functional groups attached to an aromatic ring is 1. The molecule has 1 rings (SSSR count). The molecule has 0 saturated heterocycles. The summed E-state index contributed by atoms with van der Waals surface area (Å²) in [6.07, 6.45) is -2.63. The Morgan fingerprint density at radius 1 is 1.43 bits per heavy atom. The van der Waals surface area contributed by atoms with E-state index in [1.54, 1.807) is 11.8 Å². The van der Waals surface area contributed by atoms with Crippen LogP contribution in [-0.4, -0.2) is 24.5 Å². The molecule has 0 bridgehead atoms. The minimum absolute atomic E-state index is 0.122. The van der Waals surface area contributed by atoms with Crippen molar-refractivity contribution < 1.29 is 18.0 Å². The summed E-state index contributed by atoms with van der Waals surface area (Å²) in [4.78, 5) is 12.0. The van der Waals surface area contributed by atoms with Gasteiger partial charge in [0.25, 0.3) is 5.91 Å². The van der Waals surface area contributed by atoms with Crippen molar-refractivity contribution in [1.82, 2.24) is 5.32 Å². The number of nitrogens with two attached hydrogens (primary N) is 1. The molecular weight excluding hydrogens is 303 g/mol. The normalized spacial score (nSPS) is 12.9. The van der Waals surface area contributed by atoms with Gasteiger partial charge in [-0.05, 0) is 30.1 Å². The van der Waals surface area contributed by atoms with Gasteiger partial charge in [-0.2, -0.15) is 24.9 Å². The SMILES string of the molecule is CSCC(C)CNC(=O)c1cccc(C(F)(F)F)c1NN. The van der Waals surface area contributed by atoms with Crippen LogP contribution in [0.5, 0.6) is 0 Å². The highest BCUT2D eigenvalue weighted by atomic mass is 32.2. The van der Waals surface area contributed by atoms with Crippen molar-refractivity contribution in [1.29, 1.82) is 0 Å². The van der Waals surface area contributed by atoms with Crippen molar-refractivity contribution >= 4 is 23.4 Å². The van der Waals surface area contributed by atoms with Crippen LogP contribution in [0.1, 0.15) is 22.8 Å². The van der Waals surface area contributed by atoms with E-state index in [1.165, 1.54) is 12.1 Å². The van der Waals surface area contributed by atoms with Crippen LogP contribution in [0.3, 0.4) is 0 Å². The molecule has 0 saturated carbocycles. The van der Waals surface area contributed by atoms with E-state index in [4.69, 9.17) is 5.84 Å². The lowest BCUT2D eigenvalue weighted by atomic mass is 10.1. The molecule has 4 N–H and O–H groups in total. The van der Waals surface area contributed by atoms with E-state index in [1.807, 2.05) is 18.6 Å². The molecule has 1 amide bonds. The zero-order valence-electron chi connectivity index (χ0n) is 11.8. The van der Waals surface area contributed by atoms with Gasteiger partial charge in [0.15, 0.2) is 0 Å². The molecule has 0 radical (unpaired) electrons. The number of carbonyl (C=O) groups excluding carboxylic acids is 1. The number of rotatable bonds is 6. The average Bonchev–Trinajstić information content (AvgIpc) is 2.43. The van der Waals surface area contributed by atoms with Crippen molar-refractivity contribution in [2.45, 2.75) is 13.1 Å². The number of nitrogens with one attached hydrogen (secondary N) is 2. The van der Waals surface area contributed by atoms with Crippen LogP contribution in [0.25, 0.3) is 0 Å². The summed E-state index contributed by atoms with van der Waals surface area (Å²) in [6, 6.07) is 3.37. The van der Waals surface area contributed by atoms with Gasteiger partial charge in [-0.3, -0.25) is 10.6 Å². The number of amides is 1. The van der Waals surface area contributed by atoms with Crippen LogP contribution in [0.15, 0.2) is 18.2 Å². The van der Waals surface area contributed by atoms with E-state index >= 15 is 0 Å². The highest BCUT2D eigenvalue weighted by Crippen LogP contribution is 2.36. The predicted molar refractivity (Wildman–Crippen MR) is 79.1 cm³/mol. The molecule has 0 aliphatic rings. The third kappa shape index (κ3) is 4.82. The molecule has 0 heterocycles. The molecule has 0 aliphatic carbocycles. The van der Waals surface area contributed by atoms with Crippen molar-refractivity contribution in [3.05, 3.63) is 29.3 Å². The average molecular weight is 321 g/mol. The van der Waals surface area contributed by atoms with Crippen molar-refractivity contribution in [2.75, 3.05) is 24.0 Å². The van der Waals surface area contributed by atoms with E-state index in [2.05, 4.69) is 5.32 Å². The fraction of sp³-hybridized carbons (Fsp3) is 0.462. The Kier molecular flexibility index (Phi) is 6.35. The molecule has 0 spiro atoms. The first-order chi connectivity index (χ1) is 9.81. The van der Waals surface area contributed by atoms with Crippen LogP contribution in [0.4, 0.5) is 18.9 Å². The Bertz CT molecular complexity index is 494. The van der Waals surface area contributed by atoms with Gasteiger partial charge in [-0.15, -0.1) is 0 Å². The number of hydrazine groups is 1. The summed E-state index contributed by atoms with van der Waals surface area (Å²) in [7, 11) is 0. The molecule has 1 aromatic rings. The molecule has 1 unspecified atom stereocenters. The van der Waals surface area contributed by atoms with Gasteiger partial charge in [-0.25, -0.2) is 0 Å². The van der Waals surface area contributed by atoms with Gasteiger partial charge in [0.05, 0.1) is 16.8 Å². The van der Waals surface area contributed by atoms with Crippen LogP contribution >= 0.6 is 11.8 Å². The number of para-hydroxylation sites is 1. The quantitative estimate of drug-likeness (QED) is 0.557. The second kappa shape index (κ2) is 7.56. The Morgan fingerprint density at radius 2 is 2.10 bits per heavy atom. The van der Waals surface area contributed by atoms with E-state index in [-0.39, 0.29) is 11.5 Å². The molecule has 1 atom stereocenters. The minimum Gasteiger partial charge on any atom is -0.352 e. The monoisotopic (exact) mass is 321 g/mol. The summed E-state index contributed by atoms with van der Waals surface area (Å²) in [5.74, 6) is 5.65. The summed E-state index contributed by atoms with van der Waals surface area (Å²) >= 11 is 1.64. The molecule has 0 fully saturated rings. The lowest BCUT2D eigenvalue weighted by Gasteiger charge is -2.17. The van der Waals surface area contributed by atoms with E-state index in [0.717, 1.165) is 11.8 Å². The van der Waals surface area contributed by atoms with E-state index in [9.17, 15) is 18.0 Å².